The molecule has 9 heteroatoms. The van der Waals surface area contributed by atoms with Crippen LogP contribution < -0.4 is 4.74 Å². The van der Waals surface area contributed by atoms with E-state index in [4.69, 9.17) is 9.26 Å². The van der Waals surface area contributed by atoms with E-state index in [0.717, 1.165) is 0 Å². The molecule has 19 heavy (non-hydrogen) atoms. The first-order valence-electron chi connectivity index (χ1n) is 5.16. The van der Waals surface area contributed by atoms with E-state index >= 15 is 0 Å². The predicted molar refractivity (Wildman–Crippen MR) is 53.3 cm³/mol. The van der Waals surface area contributed by atoms with Crippen molar-refractivity contribution in [2.45, 2.75) is 25.2 Å². The summed E-state index contributed by atoms with van der Waals surface area (Å²) < 4.78 is 62.0. The van der Waals surface area contributed by atoms with Gasteiger partial charge in [0.05, 0.1) is 13.5 Å². The first-order chi connectivity index (χ1) is 8.85. The Balaban J connectivity index is 2.32. The van der Waals surface area contributed by atoms with E-state index in [9.17, 15) is 22.4 Å². The zero-order valence-electron chi connectivity index (χ0n) is 9.87. The molecule has 5 nitrogen and oxygen atoms in total. The molecule has 0 fully saturated rings. The molecule has 0 aliphatic rings. The third-order valence-electron chi connectivity index (χ3n) is 2.07. The number of aromatic nitrogens is 1. The van der Waals surface area contributed by atoms with Crippen LogP contribution in [0.5, 0.6) is 5.88 Å². The fraction of sp³-hybridized carbons (Fsp3) is 0.600. The number of rotatable bonds is 7. The minimum Gasteiger partial charge on any atom is -0.479 e. The Hall–Kier alpha value is -1.80. The molecule has 1 rings (SSSR count). The summed E-state index contributed by atoms with van der Waals surface area (Å²) in [6, 6.07) is 1.40. The Labute approximate surface area is 105 Å². The van der Waals surface area contributed by atoms with Crippen molar-refractivity contribution in [1.29, 1.82) is 0 Å². The molecule has 0 N–H and O–H groups in total. The van der Waals surface area contributed by atoms with Crippen LogP contribution in [0, 0.1) is 0 Å². The van der Waals surface area contributed by atoms with Crippen molar-refractivity contribution in [3.05, 3.63) is 11.8 Å². The maximum absolute atomic E-state index is 12.4. The SMILES string of the molecule is COc1cc(CCC(=O)OCC(F)(F)C(F)F)on1. The maximum Gasteiger partial charge on any atom is 0.340 e. The normalized spacial score (nSPS) is 11.7. The lowest BCUT2D eigenvalue weighted by Gasteiger charge is -2.14. The standard InChI is InChI=1S/C10H11F4NO4/c1-17-7-4-6(19-15-7)2-3-8(16)18-5-10(13,14)9(11)12/h4,9H,2-3,5H2,1H3. The van der Waals surface area contributed by atoms with Crippen LogP contribution in [0.25, 0.3) is 0 Å². The Morgan fingerprint density at radius 3 is 2.74 bits per heavy atom. The molecule has 1 aromatic heterocycles. The van der Waals surface area contributed by atoms with Crippen LogP contribution in [0.4, 0.5) is 17.6 Å². The van der Waals surface area contributed by atoms with Gasteiger partial charge in [-0.25, -0.2) is 8.78 Å². The van der Waals surface area contributed by atoms with Gasteiger partial charge in [0.15, 0.2) is 6.61 Å². The summed E-state index contributed by atoms with van der Waals surface area (Å²) in [4.78, 5) is 11.1. The third kappa shape index (κ3) is 4.76. The first-order valence-corrected chi connectivity index (χ1v) is 5.16. The van der Waals surface area contributed by atoms with Gasteiger partial charge in [-0.15, -0.1) is 0 Å². The van der Waals surface area contributed by atoms with E-state index in [0.29, 0.717) is 0 Å². The molecule has 0 atom stereocenters. The van der Waals surface area contributed by atoms with E-state index in [1.54, 1.807) is 0 Å². The molecular formula is C10H11F4NO4. The fourth-order valence-electron chi connectivity index (χ4n) is 1.05. The Kier molecular flexibility index (Phi) is 5.13. The predicted octanol–water partition coefficient (Wildman–Crippen LogP) is 2.06. The average Bonchev–Trinajstić information content (AvgIpc) is 2.81. The molecule has 0 saturated heterocycles. The van der Waals surface area contributed by atoms with Crippen LogP contribution >= 0.6 is 0 Å². The lowest BCUT2D eigenvalue weighted by molar-refractivity contribution is -0.179. The second kappa shape index (κ2) is 6.39. The zero-order valence-corrected chi connectivity index (χ0v) is 9.87. The molecule has 1 aromatic rings. The van der Waals surface area contributed by atoms with Crippen molar-refractivity contribution in [2.24, 2.45) is 0 Å². The van der Waals surface area contributed by atoms with Gasteiger partial charge in [-0.05, 0) is 5.16 Å². The number of alkyl halides is 4. The molecule has 0 saturated carbocycles. The number of halogens is 4. The lowest BCUT2D eigenvalue weighted by atomic mass is 10.2. The second-order valence-corrected chi connectivity index (χ2v) is 3.56. The van der Waals surface area contributed by atoms with Gasteiger partial charge < -0.3 is 14.0 Å². The molecule has 0 bridgehead atoms. The molecule has 1 heterocycles. The number of ether oxygens (including phenoxy) is 2. The van der Waals surface area contributed by atoms with Crippen molar-refractivity contribution in [3.8, 4) is 5.88 Å². The number of hydrogen-bond acceptors (Lipinski definition) is 5. The number of methoxy groups -OCH3 is 1. The van der Waals surface area contributed by atoms with E-state index in [-0.39, 0.29) is 24.5 Å². The quantitative estimate of drug-likeness (QED) is 0.567. The van der Waals surface area contributed by atoms with Crippen LogP contribution in [0.2, 0.25) is 0 Å². The molecule has 0 radical (unpaired) electrons. The zero-order chi connectivity index (χ0) is 14.5. The van der Waals surface area contributed by atoms with Gasteiger partial charge in [0.25, 0.3) is 5.88 Å². The van der Waals surface area contributed by atoms with Crippen LogP contribution in [0.15, 0.2) is 10.6 Å². The second-order valence-electron chi connectivity index (χ2n) is 3.56. The molecule has 0 spiro atoms. The number of nitrogens with zero attached hydrogens (tertiary/aromatic N) is 1. The highest BCUT2D eigenvalue weighted by Gasteiger charge is 2.42. The maximum atomic E-state index is 12.4. The van der Waals surface area contributed by atoms with Gasteiger partial charge in [0.2, 0.25) is 0 Å². The van der Waals surface area contributed by atoms with Crippen molar-refractivity contribution < 1.29 is 36.4 Å². The van der Waals surface area contributed by atoms with Crippen molar-refractivity contribution in [2.75, 3.05) is 13.7 Å². The van der Waals surface area contributed by atoms with Gasteiger partial charge in [0.1, 0.15) is 5.76 Å². The minimum atomic E-state index is -4.34. The molecule has 0 aliphatic carbocycles. The summed E-state index contributed by atoms with van der Waals surface area (Å²) >= 11 is 0. The van der Waals surface area contributed by atoms with Crippen molar-refractivity contribution >= 4 is 5.97 Å². The minimum absolute atomic E-state index is 0.0371. The van der Waals surface area contributed by atoms with Gasteiger partial charge in [-0.1, -0.05) is 0 Å². The number of aryl methyl sites for hydroxylation is 1. The van der Waals surface area contributed by atoms with Crippen molar-refractivity contribution in [1.82, 2.24) is 5.16 Å². The summed E-state index contributed by atoms with van der Waals surface area (Å²) in [6.45, 7) is -1.65. The van der Waals surface area contributed by atoms with Gasteiger partial charge in [0, 0.05) is 12.5 Å². The Morgan fingerprint density at radius 1 is 1.53 bits per heavy atom. The lowest BCUT2D eigenvalue weighted by Crippen LogP contribution is -2.33. The summed E-state index contributed by atoms with van der Waals surface area (Å²) in [5.74, 6) is -4.89. The highest BCUT2D eigenvalue weighted by atomic mass is 19.3. The smallest absolute Gasteiger partial charge is 0.340 e. The summed E-state index contributed by atoms with van der Waals surface area (Å²) in [7, 11) is 1.36. The topological polar surface area (TPSA) is 61.6 Å². The van der Waals surface area contributed by atoms with Crippen LogP contribution in [0.1, 0.15) is 12.2 Å². The Morgan fingerprint density at radius 2 is 2.21 bits per heavy atom. The summed E-state index contributed by atoms with van der Waals surface area (Å²) in [5, 5.41) is 3.45. The number of hydrogen-bond donors (Lipinski definition) is 0. The van der Waals surface area contributed by atoms with E-state index in [1.165, 1.54) is 13.2 Å². The van der Waals surface area contributed by atoms with Crippen LogP contribution in [0.3, 0.4) is 0 Å². The number of carbonyl (C=O) groups excluding carboxylic acids is 1. The number of esters is 1. The van der Waals surface area contributed by atoms with Crippen LogP contribution in [-0.4, -0.2) is 37.2 Å². The van der Waals surface area contributed by atoms with Gasteiger partial charge in [-0.2, -0.15) is 8.78 Å². The molecule has 108 valence electrons. The summed E-state index contributed by atoms with van der Waals surface area (Å²) in [5.41, 5.74) is 0. The number of carbonyl (C=O) groups is 1. The molecule has 0 amide bonds. The monoisotopic (exact) mass is 285 g/mol. The molecular weight excluding hydrogens is 274 g/mol. The fourth-order valence-corrected chi connectivity index (χ4v) is 1.05. The van der Waals surface area contributed by atoms with E-state index < -0.39 is 24.9 Å². The van der Waals surface area contributed by atoms with Crippen LogP contribution in [-0.2, 0) is 16.0 Å². The molecule has 0 aromatic carbocycles. The molecule has 0 aliphatic heterocycles. The Bertz CT molecular complexity index is 421. The summed E-state index contributed by atoms with van der Waals surface area (Å²) in [6.07, 6.45) is -4.13. The van der Waals surface area contributed by atoms with E-state index in [2.05, 4.69) is 9.89 Å². The first kappa shape index (κ1) is 15.3. The van der Waals surface area contributed by atoms with Gasteiger partial charge in [-0.3, -0.25) is 4.79 Å². The largest absolute Gasteiger partial charge is 0.479 e. The highest BCUT2D eigenvalue weighted by molar-refractivity contribution is 5.69. The van der Waals surface area contributed by atoms with E-state index in [1.807, 2.05) is 0 Å². The third-order valence-corrected chi connectivity index (χ3v) is 2.07. The van der Waals surface area contributed by atoms with Gasteiger partial charge >= 0.3 is 18.3 Å². The van der Waals surface area contributed by atoms with Crippen molar-refractivity contribution in [3.63, 3.8) is 0 Å². The average molecular weight is 285 g/mol. The molecule has 0 unspecified atom stereocenters. The highest BCUT2D eigenvalue weighted by Crippen LogP contribution is 2.23.